The molecule has 2 aliphatic rings. The molecule has 5 nitrogen and oxygen atoms in total. The molecule has 3 aromatic carbocycles. The minimum Gasteiger partial charge on any atom is -0.339 e. The summed E-state index contributed by atoms with van der Waals surface area (Å²) in [5.41, 5.74) is 0.262. The Bertz CT molecular complexity index is 1250. The van der Waals surface area contributed by atoms with Crippen molar-refractivity contribution in [1.29, 1.82) is 0 Å². The van der Waals surface area contributed by atoms with Gasteiger partial charge in [-0.05, 0) is 53.4 Å². The SMILES string of the molecule is O=C(N1CCN(S(=O)(=O)c2ccc3ccccc3c2)CC1)C1(c2ccc(F)cc2)CC1. The molecular formula is C24H23FN2O3S. The summed E-state index contributed by atoms with van der Waals surface area (Å²) >= 11 is 0. The van der Waals surface area contributed by atoms with Gasteiger partial charge in [0.05, 0.1) is 10.3 Å². The van der Waals surface area contributed by atoms with Gasteiger partial charge in [0.1, 0.15) is 5.82 Å². The average Bonchev–Trinajstić information content (AvgIpc) is 3.61. The van der Waals surface area contributed by atoms with Crippen molar-refractivity contribution in [2.75, 3.05) is 26.2 Å². The summed E-state index contributed by atoms with van der Waals surface area (Å²) < 4.78 is 41.0. The monoisotopic (exact) mass is 438 g/mol. The van der Waals surface area contributed by atoms with Crippen LogP contribution in [0.2, 0.25) is 0 Å². The highest BCUT2D eigenvalue weighted by molar-refractivity contribution is 7.89. The molecule has 160 valence electrons. The van der Waals surface area contributed by atoms with Gasteiger partial charge in [-0.2, -0.15) is 4.31 Å². The number of fused-ring (bicyclic) bond motifs is 1. The predicted molar refractivity (Wildman–Crippen MR) is 117 cm³/mol. The zero-order valence-corrected chi connectivity index (χ0v) is 17.8. The first kappa shape index (κ1) is 20.2. The third-order valence-corrected chi connectivity index (χ3v) is 8.34. The van der Waals surface area contributed by atoms with Gasteiger partial charge in [0.2, 0.25) is 15.9 Å². The number of piperazine rings is 1. The van der Waals surface area contributed by atoms with E-state index < -0.39 is 15.4 Å². The molecule has 0 unspecified atom stereocenters. The molecule has 7 heteroatoms. The summed E-state index contributed by atoms with van der Waals surface area (Å²) in [6, 6.07) is 19.0. The Balaban J connectivity index is 1.30. The fraction of sp³-hybridized carbons (Fsp3) is 0.292. The summed E-state index contributed by atoms with van der Waals surface area (Å²) in [4.78, 5) is 15.2. The van der Waals surface area contributed by atoms with Crippen LogP contribution in [0, 0.1) is 5.82 Å². The van der Waals surface area contributed by atoms with Gasteiger partial charge in [-0.25, -0.2) is 12.8 Å². The van der Waals surface area contributed by atoms with Crippen LogP contribution in [-0.4, -0.2) is 49.7 Å². The molecule has 0 radical (unpaired) electrons. The van der Waals surface area contributed by atoms with Crippen LogP contribution in [0.25, 0.3) is 10.8 Å². The van der Waals surface area contributed by atoms with Gasteiger partial charge < -0.3 is 4.90 Å². The average molecular weight is 439 g/mol. The van der Waals surface area contributed by atoms with Gasteiger partial charge in [0.15, 0.2) is 0 Å². The number of hydrogen-bond acceptors (Lipinski definition) is 3. The standard InChI is InChI=1S/C24H23FN2O3S/c25-21-8-6-20(7-9-21)24(11-12-24)23(28)26-13-15-27(16-14-26)31(29,30)22-10-5-18-3-1-2-4-19(18)17-22/h1-10,17H,11-16H2. The molecule has 1 amide bonds. The Morgan fingerprint density at radius 1 is 0.839 bits per heavy atom. The van der Waals surface area contributed by atoms with Gasteiger partial charge >= 0.3 is 0 Å². The van der Waals surface area contributed by atoms with E-state index in [1.54, 1.807) is 29.2 Å². The molecule has 1 aliphatic carbocycles. The summed E-state index contributed by atoms with van der Waals surface area (Å²) in [7, 11) is -3.63. The molecule has 0 spiro atoms. The lowest BCUT2D eigenvalue weighted by atomic mass is 9.94. The highest BCUT2D eigenvalue weighted by Crippen LogP contribution is 2.49. The van der Waals surface area contributed by atoms with Crippen molar-refractivity contribution in [2.45, 2.75) is 23.2 Å². The van der Waals surface area contributed by atoms with Gasteiger partial charge in [-0.1, -0.05) is 42.5 Å². The van der Waals surface area contributed by atoms with Crippen molar-refractivity contribution in [2.24, 2.45) is 0 Å². The zero-order valence-electron chi connectivity index (χ0n) is 17.0. The summed E-state index contributed by atoms with van der Waals surface area (Å²) in [6.45, 7) is 1.24. The number of rotatable bonds is 4. The van der Waals surface area contributed by atoms with E-state index in [1.165, 1.54) is 16.4 Å². The van der Waals surface area contributed by atoms with Crippen molar-refractivity contribution in [1.82, 2.24) is 9.21 Å². The molecule has 1 heterocycles. The van der Waals surface area contributed by atoms with Crippen LogP contribution in [0.15, 0.2) is 71.6 Å². The van der Waals surface area contributed by atoms with E-state index >= 15 is 0 Å². The van der Waals surface area contributed by atoms with Gasteiger partial charge in [0.25, 0.3) is 0 Å². The number of benzene rings is 3. The first-order chi connectivity index (χ1) is 14.9. The minimum absolute atomic E-state index is 0.0156. The van der Waals surface area contributed by atoms with E-state index in [-0.39, 0.29) is 29.7 Å². The van der Waals surface area contributed by atoms with E-state index in [0.29, 0.717) is 13.1 Å². The fourth-order valence-electron chi connectivity index (χ4n) is 4.43. The number of hydrogen-bond donors (Lipinski definition) is 0. The summed E-state index contributed by atoms with van der Waals surface area (Å²) in [5.74, 6) is -0.304. The van der Waals surface area contributed by atoms with Gasteiger partial charge in [-0.3, -0.25) is 4.79 Å². The van der Waals surface area contributed by atoms with Crippen molar-refractivity contribution in [3.63, 3.8) is 0 Å². The molecule has 1 aliphatic heterocycles. The molecule has 3 aromatic rings. The van der Waals surface area contributed by atoms with Crippen LogP contribution in [-0.2, 0) is 20.2 Å². The Labute approximate surface area is 181 Å². The number of nitrogens with zero attached hydrogens (tertiary/aromatic N) is 2. The quantitative estimate of drug-likeness (QED) is 0.626. The number of carbonyl (C=O) groups is 1. The molecule has 1 saturated carbocycles. The molecule has 0 N–H and O–H groups in total. The van der Waals surface area contributed by atoms with Gasteiger partial charge in [0, 0.05) is 26.2 Å². The minimum atomic E-state index is -3.63. The number of carbonyl (C=O) groups excluding carboxylic acids is 1. The second kappa shape index (κ2) is 7.43. The maximum absolute atomic E-state index is 13.3. The van der Waals surface area contributed by atoms with E-state index in [9.17, 15) is 17.6 Å². The molecule has 0 bridgehead atoms. The first-order valence-electron chi connectivity index (χ1n) is 10.4. The first-order valence-corrected chi connectivity index (χ1v) is 11.9. The zero-order chi connectivity index (χ0) is 21.6. The number of sulfonamides is 1. The van der Waals surface area contributed by atoms with Crippen molar-refractivity contribution in [3.8, 4) is 0 Å². The molecule has 0 atom stereocenters. The normalized spacial score (nSPS) is 18.8. The van der Waals surface area contributed by atoms with Crippen LogP contribution in [0.3, 0.4) is 0 Å². The van der Waals surface area contributed by atoms with Gasteiger partial charge in [-0.15, -0.1) is 0 Å². The Hall–Kier alpha value is -2.77. The molecule has 2 fully saturated rings. The predicted octanol–water partition coefficient (Wildman–Crippen LogP) is 3.54. The molecule has 5 rings (SSSR count). The topological polar surface area (TPSA) is 57.7 Å². The van der Waals surface area contributed by atoms with Crippen LogP contribution in [0.1, 0.15) is 18.4 Å². The molecule has 31 heavy (non-hydrogen) atoms. The second-order valence-electron chi connectivity index (χ2n) is 8.29. The lowest BCUT2D eigenvalue weighted by Crippen LogP contribution is -2.52. The van der Waals surface area contributed by atoms with E-state index in [4.69, 9.17) is 0 Å². The number of halogens is 1. The maximum Gasteiger partial charge on any atom is 0.243 e. The van der Waals surface area contributed by atoms with E-state index in [2.05, 4.69) is 0 Å². The smallest absolute Gasteiger partial charge is 0.243 e. The number of amides is 1. The fourth-order valence-corrected chi connectivity index (χ4v) is 5.89. The summed E-state index contributed by atoms with van der Waals surface area (Å²) in [6.07, 6.45) is 1.49. The maximum atomic E-state index is 13.3. The third-order valence-electron chi connectivity index (χ3n) is 6.44. The Morgan fingerprint density at radius 3 is 2.13 bits per heavy atom. The lowest BCUT2D eigenvalue weighted by Gasteiger charge is -2.36. The van der Waals surface area contributed by atoms with E-state index in [1.807, 2.05) is 30.3 Å². The molecule has 1 saturated heterocycles. The third kappa shape index (κ3) is 3.51. The largest absolute Gasteiger partial charge is 0.339 e. The highest BCUT2D eigenvalue weighted by atomic mass is 32.2. The van der Waals surface area contributed by atoms with Crippen molar-refractivity contribution >= 4 is 26.7 Å². The summed E-state index contributed by atoms with van der Waals surface area (Å²) in [5, 5.41) is 1.87. The lowest BCUT2D eigenvalue weighted by molar-refractivity contribution is -0.135. The van der Waals surface area contributed by atoms with Crippen LogP contribution in [0.5, 0.6) is 0 Å². The van der Waals surface area contributed by atoms with Crippen LogP contribution in [0.4, 0.5) is 4.39 Å². The highest BCUT2D eigenvalue weighted by Gasteiger charge is 2.53. The van der Waals surface area contributed by atoms with E-state index in [0.717, 1.165) is 29.2 Å². The molecular weight excluding hydrogens is 415 g/mol. The molecule has 0 aromatic heterocycles. The van der Waals surface area contributed by atoms with Crippen molar-refractivity contribution in [3.05, 3.63) is 78.1 Å². The Morgan fingerprint density at radius 2 is 1.48 bits per heavy atom. The second-order valence-corrected chi connectivity index (χ2v) is 10.2. The van der Waals surface area contributed by atoms with Crippen LogP contribution >= 0.6 is 0 Å². The van der Waals surface area contributed by atoms with Crippen molar-refractivity contribution < 1.29 is 17.6 Å². The Kier molecular flexibility index (Phi) is 4.83. The van der Waals surface area contributed by atoms with Crippen LogP contribution < -0.4 is 0 Å².